The summed E-state index contributed by atoms with van der Waals surface area (Å²) >= 11 is 11.3. The standard InChI is InChI=1S/C8H6Cl2F2N2/c9-6-2-4(7(10)14-13-6)3-1-5(3)8(11)12/h2-3,5,8H,1H2/t3-,5+/m0/s1. The third-order valence-electron chi connectivity index (χ3n) is 2.31. The third kappa shape index (κ3) is 1.81. The quantitative estimate of drug-likeness (QED) is 0.792. The molecule has 1 heterocycles. The van der Waals surface area contributed by atoms with Crippen LogP contribution in [0.4, 0.5) is 8.78 Å². The summed E-state index contributed by atoms with van der Waals surface area (Å²) < 4.78 is 24.6. The van der Waals surface area contributed by atoms with Gasteiger partial charge in [-0.1, -0.05) is 23.2 Å². The van der Waals surface area contributed by atoms with Gasteiger partial charge in [0.2, 0.25) is 6.43 Å². The second-order valence-corrected chi connectivity index (χ2v) is 4.00. The molecular formula is C8H6Cl2F2N2. The van der Waals surface area contributed by atoms with Crippen molar-refractivity contribution in [1.82, 2.24) is 10.2 Å². The first-order valence-electron chi connectivity index (χ1n) is 4.06. The summed E-state index contributed by atoms with van der Waals surface area (Å²) in [6, 6.07) is 1.50. The number of rotatable bonds is 2. The molecule has 14 heavy (non-hydrogen) atoms. The number of hydrogen-bond acceptors (Lipinski definition) is 2. The van der Waals surface area contributed by atoms with Gasteiger partial charge in [0.15, 0.2) is 10.3 Å². The van der Waals surface area contributed by atoms with E-state index in [9.17, 15) is 8.78 Å². The summed E-state index contributed by atoms with van der Waals surface area (Å²) in [6.07, 6.45) is -1.86. The molecule has 76 valence electrons. The molecule has 0 unspecified atom stereocenters. The molecule has 0 spiro atoms. The monoisotopic (exact) mass is 238 g/mol. The highest BCUT2D eigenvalue weighted by atomic mass is 35.5. The van der Waals surface area contributed by atoms with Crippen molar-refractivity contribution in [1.29, 1.82) is 0 Å². The van der Waals surface area contributed by atoms with Gasteiger partial charge in [-0.2, -0.15) is 0 Å². The predicted octanol–water partition coefficient (Wildman–Crippen LogP) is 3.15. The molecule has 0 amide bonds. The van der Waals surface area contributed by atoms with E-state index in [1.807, 2.05) is 0 Å². The van der Waals surface area contributed by atoms with Gasteiger partial charge >= 0.3 is 0 Å². The average Bonchev–Trinajstić information content (AvgIpc) is 2.88. The molecule has 1 aromatic rings. The Morgan fingerprint density at radius 3 is 2.64 bits per heavy atom. The van der Waals surface area contributed by atoms with Crippen molar-refractivity contribution in [2.75, 3.05) is 0 Å². The lowest BCUT2D eigenvalue weighted by atomic mass is 10.2. The Morgan fingerprint density at radius 2 is 2.07 bits per heavy atom. The average molecular weight is 239 g/mol. The summed E-state index contributed by atoms with van der Waals surface area (Å²) in [6.45, 7) is 0. The molecule has 1 aliphatic carbocycles. The van der Waals surface area contributed by atoms with E-state index in [0.29, 0.717) is 12.0 Å². The highest BCUT2D eigenvalue weighted by molar-refractivity contribution is 6.31. The molecule has 0 radical (unpaired) electrons. The van der Waals surface area contributed by atoms with Crippen molar-refractivity contribution in [2.24, 2.45) is 5.92 Å². The van der Waals surface area contributed by atoms with E-state index in [-0.39, 0.29) is 16.2 Å². The Morgan fingerprint density at radius 1 is 1.36 bits per heavy atom. The summed E-state index contributed by atoms with van der Waals surface area (Å²) in [5.41, 5.74) is 0.581. The van der Waals surface area contributed by atoms with Crippen LogP contribution in [0.25, 0.3) is 0 Å². The van der Waals surface area contributed by atoms with Crippen LogP contribution in [0.2, 0.25) is 10.3 Å². The molecule has 2 atom stereocenters. The van der Waals surface area contributed by atoms with E-state index in [0.717, 1.165) is 0 Å². The second kappa shape index (κ2) is 3.59. The molecule has 6 heteroatoms. The molecule has 0 aromatic carbocycles. The Hall–Kier alpha value is -0.480. The Kier molecular flexibility index (Phi) is 2.58. The Labute approximate surface area is 89.2 Å². The van der Waals surface area contributed by atoms with Gasteiger partial charge in [0, 0.05) is 5.92 Å². The zero-order valence-electron chi connectivity index (χ0n) is 6.92. The van der Waals surface area contributed by atoms with Crippen LogP contribution in [0.3, 0.4) is 0 Å². The first-order valence-corrected chi connectivity index (χ1v) is 4.82. The van der Waals surface area contributed by atoms with Crippen molar-refractivity contribution < 1.29 is 8.78 Å². The van der Waals surface area contributed by atoms with Crippen LogP contribution < -0.4 is 0 Å². The van der Waals surface area contributed by atoms with Crippen molar-refractivity contribution in [3.05, 3.63) is 21.9 Å². The zero-order chi connectivity index (χ0) is 10.3. The fraction of sp³-hybridized carbons (Fsp3) is 0.500. The van der Waals surface area contributed by atoms with Crippen LogP contribution in [-0.4, -0.2) is 16.6 Å². The highest BCUT2D eigenvalue weighted by Gasteiger charge is 2.46. The van der Waals surface area contributed by atoms with Crippen molar-refractivity contribution in [2.45, 2.75) is 18.8 Å². The lowest BCUT2D eigenvalue weighted by molar-refractivity contribution is 0.120. The van der Waals surface area contributed by atoms with Crippen molar-refractivity contribution >= 4 is 23.2 Å². The molecule has 1 aliphatic rings. The maximum atomic E-state index is 12.3. The van der Waals surface area contributed by atoms with Crippen molar-refractivity contribution in [3.63, 3.8) is 0 Å². The predicted molar refractivity (Wildman–Crippen MR) is 48.9 cm³/mol. The van der Waals surface area contributed by atoms with E-state index < -0.39 is 12.3 Å². The number of hydrogen-bond donors (Lipinski definition) is 0. The van der Waals surface area contributed by atoms with Crippen LogP contribution >= 0.6 is 23.2 Å². The minimum absolute atomic E-state index is 0.169. The molecule has 2 nitrogen and oxygen atoms in total. The molecule has 2 rings (SSSR count). The number of aromatic nitrogens is 2. The smallest absolute Gasteiger partial charge is 0.210 e. The minimum Gasteiger partial charge on any atom is -0.210 e. The van der Waals surface area contributed by atoms with Gasteiger partial charge in [-0.25, -0.2) is 8.78 Å². The number of halogens is 4. The van der Waals surface area contributed by atoms with E-state index in [1.165, 1.54) is 6.07 Å². The largest absolute Gasteiger partial charge is 0.242 e. The van der Waals surface area contributed by atoms with Crippen LogP contribution in [-0.2, 0) is 0 Å². The molecular weight excluding hydrogens is 233 g/mol. The first kappa shape index (κ1) is 10.1. The Balaban J connectivity index is 2.22. The second-order valence-electron chi connectivity index (χ2n) is 3.25. The van der Waals surface area contributed by atoms with Crippen LogP contribution in [0.15, 0.2) is 6.07 Å². The fourth-order valence-corrected chi connectivity index (χ4v) is 1.86. The summed E-state index contributed by atoms with van der Waals surface area (Å²) in [5, 5.41) is 7.44. The zero-order valence-corrected chi connectivity index (χ0v) is 8.43. The van der Waals surface area contributed by atoms with Gasteiger partial charge < -0.3 is 0 Å². The Bertz CT molecular complexity index is 359. The van der Waals surface area contributed by atoms with Crippen LogP contribution in [0, 0.1) is 5.92 Å². The summed E-state index contributed by atoms with van der Waals surface area (Å²) in [5.74, 6) is -0.816. The van der Waals surface area contributed by atoms with E-state index in [1.54, 1.807) is 0 Å². The van der Waals surface area contributed by atoms with Crippen LogP contribution in [0.1, 0.15) is 17.9 Å². The molecule has 0 bridgehead atoms. The van der Waals surface area contributed by atoms with Gasteiger partial charge in [0.25, 0.3) is 0 Å². The van der Waals surface area contributed by atoms with E-state index in [2.05, 4.69) is 10.2 Å². The number of alkyl halides is 2. The van der Waals surface area contributed by atoms with Gasteiger partial charge in [0.1, 0.15) is 0 Å². The SMILES string of the molecule is FC(F)[C@@H]1C[C@H]1c1cc(Cl)nnc1Cl. The van der Waals surface area contributed by atoms with E-state index >= 15 is 0 Å². The topological polar surface area (TPSA) is 25.8 Å². The number of nitrogens with zero attached hydrogens (tertiary/aromatic N) is 2. The highest BCUT2D eigenvalue weighted by Crippen LogP contribution is 2.52. The lowest BCUT2D eigenvalue weighted by Gasteiger charge is -2.01. The van der Waals surface area contributed by atoms with Gasteiger partial charge in [-0.15, -0.1) is 10.2 Å². The normalized spacial score (nSPS) is 25.5. The summed E-state index contributed by atoms with van der Waals surface area (Å²) in [7, 11) is 0. The molecule has 0 N–H and O–H groups in total. The lowest BCUT2D eigenvalue weighted by Crippen LogP contribution is -1.97. The maximum Gasteiger partial charge on any atom is 0.242 e. The molecule has 1 saturated carbocycles. The maximum absolute atomic E-state index is 12.3. The van der Waals surface area contributed by atoms with Gasteiger partial charge in [-0.3, -0.25) is 0 Å². The molecule has 0 saturated heterocycles. The molecule has 1 aromatic heterocycles. The van der Waals surface area contributed by atoms with E-state index in [4.69, 9.17) is 23.2 Å². The first-order chi connectivity index (χ1) is 6.59. The molecule has 1 fully saturated rings. The molecule has 0 aliphatic heterocycles. The third-order valence-corrected chi connectivity index (χ3v) is 2.79. The van der Waals surface area contributed by atoms with Crippen LogP contribution in [0.5, 0.6) is 0 Å². The summed E-state index contributed by atoms with van der Waals surface area (Å²) in [4.78, 5) is 0. The fourth-order valence-electron chi connectivity index (χ4n) is 1.48. The van der Waals surface area contributed by atoms with Gasteiger partial charge in [0.05, 0.1) is 0 Å². The minimum atomic E-state index is -2.30. The van der Waals surface area contributed by atoms with Crippen molar-refractivity contribution in [3.8, 4) is 0 Å². The van der Waals surface area contributed by atoms with Gasteiger partial charge in [-0.05, 0) is 24.0 Å².